The standard InChI is InChI=1S/C10H20O3/c1-5-10(6-2,9(11)12)7-8(3)13-4/h8H,5-7H2,1-4H3,(H,11,12). The molecule has 13 heavy (non-hydrogen) atoms. The van der Waals surface area contributed by atoms with E-state index < -0.39 is 11.4 Å². The third kappa shape index (κ3) is 2.99. The second-order valence-electron chi connectivity index (χ2n) is 3.54. The highest BCUT2D eigenvalue weighted by molar-refractivity contribution is 5.74. The summed E-state index contributed by atoms with van der Waals surface area (Å²) in [5, 5.41) is 9.11. The van der Waals surface area contributed by atoms with Crippen molar-refractivity contribution in [2.24, 2.45) is 5.41 Å². The first-order chi connectivity index (χ1) is 6.02. The second kappa shape index (κ2) is 5.22. The lowest BCUT2D eigenvalue weighted by Crippen LogP contribution is -2.33. The molecule has 1 unspecified atom stereocenters. The number of carboxylic acids is 1. The van der Waals surface area contributed by atoms with Gasteiger partial charge in [-0.1, -0.05) is 13.8 Å². The number of ether oxygens (including phenoxy) is 1. The lowest BCUT2D eigenvalue weighted by Gasteiger charge is -2.29. The molecule has 0 heterocycles. The van der Waals surface area contributed by atoms with Gasteiger partial charge in [0.2, 0.25) is 0 Å². The van der Waals surface area contributed by atoms with Crippen LogP contribution in [0.5, 0.6) is 0 Å². The molecule has 0 bridgehead atoms. The Hall–Kier alpha value is -0.570. The third-order valence-electron chi connectivity index (χ3n) is 2.89. The average Bonchev–Trinajstić information content (AvgIpc) is 2.13. The first-order valence-electron chi connectivity index (χ1n) is 4.78. The summed E-state index contributed by atoms with van der Waals surface area (Å²) in [6, 6.07) is 0. The molecule has 0 spiro atoms. The van der Waals surface area contributed by atoms with Crippen LogP contribution in [0.2, 0.25) is 0 Å². The Morgan fingerprint density at radius 2 is 1.92 bits per heavy atom. The van der Waals surface area contributed by atoms with Gasteiger partial charge in [-0.2, -0.15) is 0 Å². The number of aliphatic carboxylic acids is 1. The summed E-state index contributed by atoms with van der Waals surface area (Å²) in [6.45, 7) is 5.74. The Labute approximate surface area is 80.1 Å². The van der Waals surface area contributed by atoms with Gasteiger partial charge in [0.15, 0.2) is 0 Å². The lowest BCUT2D eigenvalue weighted by atomic mass is 9.78. The van der Waals surface area contributed by atoms with E-state index in [1.165, 1.54) is 0 Å². The normalized spacial score (nSPS) is 14.2. The molecule has 0 saturated carbocycles. The number of hydrogen-bond donors (Lipinski definition) is 1. The molecule has 78 valence electrons. The minimum atomic E-state index is -0.707. The molecule has 0 aliphatic carbocycles. The first-order valence-corrected chi connectivity index (χ1v) is 4.78. The van der Waals surface area contributed by atoms with Gasteiger partial charge in [0.1, 0.15) is 0 Å². The highest BCUT2D eigenvalue weighted by Crippen LogP contribution is 2.32. The van der Waals surface area contributed by atoms with Crippen LogP contribution in [0.4, 0.5) is 0 Å². The van der Waals surface area contributed by atoms with Crippen molar-refractivity contribution in [1.82, 2.24) is 0 Å². The van der Waals surface area contributed by atoms with Gasteiger partial charge >= 0.3 is 5.97 Å². The van der Waals surface area contributed by atoms with Gasteiger partial charge in [0.05, 0.1) is 11.5 Å². The van der Waals surface area contributed by atoms with Crippen molar-refractivity contribution in [3.63, 3.8) is 0 Å². The van der Waals surface area contributed by atoms with E-state index in [0.717, 1.165) is 0 Å². The predicted molar refractivity (Wildman–Crippen MR) is 51.7 cm³/mol. The van der Waals surface area contributed by atoms with Crippen LogP contribution in [-0.2, 0) is 9.53 Å². The van der Waals surface area contributed by atoms with Crippen LogP contribution in [0.1, 0.15) is 40.0 Å². The molecule has 0 aliphatic rings. The van der Waals surface area contributed by atoms with Crippen LogP contribution >= 0.6 is 0 Å². The minimum Gasteiger partial charge on any atom is -0.481 e. The molecule has 1 atom stereocenters. The van der Waals surface area contributed by atoms with Gasteiger partial charge in [-0.25, -0.2) is 0 Å². The number of rotatable bonds is 6. The molecule has 0 aliphatic heterocycles. The van der Waals surface area contributed by atoms with E-state index in [-0.39, 0.29) is 6.10 Å². The minimum absolute atomic E-state index is 0.0102. The molecule has 0 aromatic heterocycles. The first kappa shape index (κ1) is 12.4. The molecular weight excluding hydrogens is 168 g/mol. The average molecular weight is 188 g/mol. The topological polar surface area (TPSA) is 46.5 Å². The van der Waals surface area contributed by atoms with Gasteiger partial charge < -0.3 is 9.84 Å². The Morgan fingerprint density at radius 3 is 2.15 bits per heavy atom. The summed E-state index contributed by atoms with van der Waals surface area (Å²) >= 11 is 0. The summed E-state index contributed by atoms with van der Waals surface area (Å²) in [6.07, 6.45) is 1.92. The fourth-order valence-corrected chi connectivity index (χ4v) is 1.56. The van der Waals surface area contributed by atoms with Gasteiger partial charge in [-0.05, 0) is 26.2 Å². The van der Waals surface area contributed by atoms with Gasteiger partial charge in [-0.15, -0.1) is 0 Å². The van der Waals surface area contributed by atoms with E-state index in [1.807, 2.05) is 20.8 Å². The zero-order chi connectivity index (χ0) is 10.5. The Bertz CT molecular complexity index is 162. The summed E-state index contributed by atoms with van der Waals surface area (Å²) in [7, 11) is 1.61. The smallest absolute Gasteiger partial charge is 0.309 e. The lowest BCUT2D eigenvalue weighted by molar-refractivity contribution is -0.151. The monoisotopic (exact) mass is 188 g/mol. The number of carbonyl (C=O) groups is 1. The zero-order valence-electron chi connectivity index (χ0n) is 8.96. The van der Waals surface area contributed by atoms with Gasteiger partial charge in [0.25, 0.3) is 0 Å². The third-order valence-corrected chi connectivity index (χ3v) is 2.89. The SMILES string of the molecule is CCC(CC)(CC(C)OC)C(=O)O. The number of carboxylic acid groups (broad SMARTS) is 1. The maximum Gasteiger partial charge on any atom is 0.309 e. The highest BCUT2D eigenvalue weighted by Gasteiger charge is 2.36. The van der Waals surface area contributed by atoms with E-state index in [4.69, 9.17) is 9.84 Å². The van der Waals surface area contributed by atoms with Crippen LogP contribution in [0.25, 0.3) is 0 Å². The fraction of sp³-hybridized carbons (Fsp3) is 0.900. The molecule has 0 aromatic carbocycles. The second-order valence-corrected chi connectivity index (χ2v) is 3.54. The molecule has 1 N–H and O–H groups in total. The predicted octanol–water partition coefficient (Wildman–Crippen LogP) is 2.30. The molecule has 3 heteroatoms. The fourth-order valence-electron chi connectivity index (χ4n) is 1.56. The van der Waals surface area contributed by atoms with E-state index in [2.05, 4.69) is 0 Å². The Kier molecular flexibility index (Phi) is 4.99. The van der Waals surface area contributed by atoms with Crippen molar-refractivity contribution in [1.29, 1.82) is 0 Å². The molecule has 0 radical (unpaired) electrons. The van der Waals surface area contributed by atoms with Crippen molar-refractivity contribution < 1.29 is 14.6 Å². The van der Waals surface area contributed by atoms with Crippen LogP contribution in [-0.4, -0.2) is 24.3 Å². The zero-order valence-corrected chi connectivity index (χ0v) is 8.96. The quantitative estimate of drug-likeness (QED) is 0.695. The summed E-state index contributed by atoms with van der Waals surface area (Å²) in [5.74, 6) is -0.707. The van der Waals surface area contributed by atoms with Crippen molar-refractivity contribution in [3.05, 3.63) is 0 Å². The molecule has 0 saturated heterocycles. The van der Waals surface area contributed by atoms with Crippen LogP contribution in [0, 0.1) is 5.41 Å². The highest BCUT2D eigenvalue weighted by atomic mass is 16.5. The summed E-state index contributed by atoms with van der Waals surface area (Å²) < 4.78 is 5.10. The molecule has 0 amide bonds. The molecular formula is C10H20O3. The van der Waals surface area contributed by atoms with E-state index in [1.54, 1.807) is 7.11 Å². The molecule has 3 nitrogen and oxygen atoms in total. The Morgan fingerprint density at radius 1 is 1.46 bits per heavy atom. The molecule has 0 aromatic rings. The number of methoxy groups -OCH3 is 1. The van der Waals surface area contributed by atoms with Gasteiger partial charge in [-0.3, -0.25) is 4.79 Å². The summed E-state index contributed by atoms with van der Waals surface area (Å²) in [4.78, 5) is 11.1. The van der Waals surface area contributed by atoms with Crippen LogP contribution in [0.15, 0.2) is 0 Å². The van der Waals surface area contributed by atoms with E-state index in [0.29, 0.717) is 19.3 Å². The summed E-state index contributed by atoms with van der Waals surface area (Å²) in [5.41, 5.74) is -0.602. The van der Waals surface area contributed by atoms with Crippen molar-refractivity contribution in [3.8, 4) is 0 Å². The van der Waals surface area contributed by atoms with Crippen molar-refractivity contribution in [2.45, 2.75) is 46.1 Å². The number of hydrogen-bond acceptors (Lipinski definition) is 2. The van der Waals surface area contributed by atoms with E-state index >= 15 is 0 Å². The van der Waals surface area contributed by atoms with Crippen LogP contribution < -0.4 is 0 Å². The van der Waals surface area contributed by atoms with Crippen molar-refractivity contribution in [2.75, 3.05) is 7.11 Å². The largest absolute Gasteiger partial charge is 0.481 e. The van der Waals surface area contributed by atoms with E-state index in [9.17, 15) is 4.79 Å². The Balaban J connectivity index is 4.48. The van der Waals surface area contributed by atoms with Gasteiger partial charge in [0, 0.05) is 7.11 Å². The molecule has 0 rings (SSSR count). The maximum absolute atomic E-state index is 11.1. The van der Waals surface area contributed by atoms with Crippen LogP contribution in [0.3, 0.4) is 0 Å². The van der Waals surface area contributed by atoms with Crippen molar-refractivity contribution >= 4 is 5.97 Å². The molecule has 0 fully saturated rings. The maximum atomic E-state index is 11.1.